The molecule has 6 heteroatoms. The number of aryl methyl sites for hydroxylation is 2. The van der Waals surface area contributed by atoms with Crippen molar-refractivity contribution < 1.29 is 9.21 Å². The lowest BCUT2D eigenvalue weighted by molar-refractivity contribution is 0.0717. The van der Waals surface area contributed by atoms with Gasteiger partial charge in [0.15, 0.2) is 0 Å². The van der Waals surface area contributed by atoms with Crippen molar-refractivity contribution in [3.05, 3.63) is 76.3 Å². The molecule has 31 heavy (non-hydrogen) atoms. The summed E-state index contributed by atoms with van der Waals surface area (Å²) in [5, 5.41) is 1.27. The third kappa shape index (κ3) is 3.19. The summed E-state index contributed by atoms with van der Waals surface area (Å²) in [6.07, 6.45) is 0. The Morgan fingerprint density at radius 2 is 1.84 bits per heavy atom. The molecule has 0 N–H and O–H groups in total. The SMILES string of the molecule is Cc1cccc(N2CCN(C(=O)c3cc4c(=O)oc5ccccc5c4n3C)C[C@@H]2C)c1. The fraction of sp³-hybridized carbons (Fsp3) is 0.280. The van der Waals surface area contributed by atoms with Crippen LogP contribution >= 0.6 is 0 Å². The van der Waals surface area contributed by atoms with E-state index in [1.165, 1.54) is 11.3 Å². The van der Waals surface area contributed by atoms with Crippen LogP contribution in [0.3, 0.4) is 0 Å². The molecule has 5 rings (SSSR count). The van der Waals surface area contributed by atoms with Crippen LogP contribution in [0.1, 0.15) is 23.0 Å². The van der Waals surface area contributed by atoms with Crippen molar-refractivity contribution >= 4 is 33.5 Å². The van der Waals surface area contributed by atoms with E-state index < -0.39 is 5.63 Å². The second kappa shape index (κ2) is 7.30. The summed E-state index contributed by atoms with van der Waals surface area (Å²) in [5.41, 5.74) is 3.77. The lowest BCUT2D eigenvalue weighted by Crippen LogP contribution is -2.54. The van der Waals surface area contributed by atoms with E-state index in [0.29, 0.717) is 29.8 Å². The lowest BCUT2D eigenvalue weighted by atomic mass is 10.1. The van der Waals surface area contributed by atoms with Gasteiger partial charge in [0.25, 0.3) is 5.91 Å². The molecule has 1 saturated heterocycles. The van der Waals surface area contributed by atoms with Crippen LogP contribution in [0, 0.1) is 6.92 Å². The molecule has 0 bridgehead atoms. The number of carbonyl (C=O) groups is 1. The molecule has 4 aromatic rings. The van der Waals surface area contributed by atoms with E-state index in [9.17, 15) is 9.59 Å². The maximum Gasteiger partial charge on any atom is 0.345 e. The maximum absolute atomic E-state index is 13.4. The van der Waals surface area contributed by atoms with Gasteiger partial charge in [-0.05, 0) is 49.7 Å². The number of hydrogen-bond donors (Lipinski definition) is 0. The molecule has 2 aromatic carbocycles. The third-order valence-corrected chi connectivity index (χ3v) is 6.26. The van der Waals surface area contributed by atoms with Gasteiger partial charge >= 0.3 is 5.63 Å². The van der Waals surface area contributed by atoms with Crippen molar-refractivity contribution in [3.8, 4) is 0 Å². The van der Waals surface area contributed by atoms with Crippen molar-refractivity contribution in [1.82, 2.24) is 9.47 Å². The summed E-state index contributed by atoms with van der Waals surface area (Å²) in [6.45, 7) is 6.27. The Morgan fingerprint density at radius 1 is 1.03 bits per heavy atom. The van der Waals surface area contributed by atoms with Gasteiger partial charge in [0, 0.05) is 43.8 Å². The topological polar surface area (TPSA) is 58.7 Å². The Hall–Kier alpha value is -3.54. The second-order valence-corrected chi connectivity index (χ2v) is 8.37. The Morgan fingerprint density at radius 3 is 2.61 bits per heavy atom. The van der Waals surface area contributed by atoms with E-state index in [-0.39, 0.29) is 11.9 Å². The van der Waals surface area contributed by atoms with Crippen LogP contribution in [0.2, 0.25) is 0 Å². The lowest BCUT2D eigenvalue weighted by Gasteiger charge is -2.41. The van der Waals surface area contributed by atoms with Crippen LogP contribution in [0.5, 0.6) is 0 Å². The first kappa shape index (κ1) is 19.4. The fourth-order valence-corrected chi connectivity index (χ4v) is 4.69. The highest BCUT2D eigenvalue weighted by Crippen LogP contribution is 2.27. The molecular weight excluding hydrogens is 390 g/mol. The molecule has 1 atom stereocenters. The first-order chi connectivity index (χ1) is 14.9. The Labute approximate surface area is 180 Å². The van der Waals surface area contributed by atoms with E-state index in [0.717, 1.165) is 17.4 Å². The first-order valence-electron chi connectivity index (χ1n) is 10.6. The number of piperazine rings is 1. The van der Waals surface area contributed by atoms with E-state index in [1.807, 2.05) is 34.7 Å². The number of fused-ring (bicyclic) bond motifs is 3. The van der Waals surface area contributed by atoms with Gasteiger partial charge in [-0.15, -0.1) is 0 Å². The Bertz CT molecular complexity index is 1370. The number of anilines is 1. The number of para-hydroxylation sites is 1. The molecule has 1 amide bonds. The number of nitrogens with zero attached hydrogens (tertiary/aromatic N) is 3. The maximum atomic E-state index is 13.4. The zero-order valence-corrected chi connectivity index (χ0v) is 18.0. The monoisotopic (exact) mass is 415 g/mol. The Balaban J connectivity index is 1.47. The summed E-state index contributed by atoms with van der Waals surface area (Å²) in [4.78, 5) is 30.2. The average molecular weight is 415 g/mol. The van der Waals surface area contributed by atoms with Crippen molar-refractivity contribution in [1.29, 1.82) is 0 Å². The molecular formula is C25H25N3O3. The quantitative estimate of drug-likeness (QED) is 0.465. The zero-order chi connectivity index (χ0) is 21.7. The molecule has 158 valence electrons. The minimum atomic E-state index is -0.416. The van der Waals surface area contributed by atoms with Gasteiger partial charge in [-0.25, -0.2) is 4.79 Å². The van der Waals surface area contributed by atoms with Crippen LogP contribution in [-0.4, -0.2) is 41.1 Å². The smallest absolute Gasteiger partial charge is 0.345 e. The molecule has 0 saturated carbocycles. The molecule has 1 aliphatic rings. The molecule has 2 aromatic heterocycles. The summed E-state index contributed by atoms with van der Waals surface area (Å²) in [7, 11) is 1.84. The fourth-order valence-electron chi connectivity index (χ4n) is 4.69. The molecule has 1 fully saturated rings. The van der Waals surface area contributed by atoms with E-state index in [4.69, 9.17) is 4.42 Å². The van der Waals surface area contributed by atoms with E-state index in [2.05, 4.69) is 43.0 Å². The molecule has 0 aliphatic carbocycles. The number of amides is 1. The number of rotatable bonds is 2. The van der Waals surface area contributed by atoms with Gasteiger partial charge in [0.1, 0.15) is 11.3 Å². The van der Waals surface area contributed by atoms with Crippen molar-refractivity contribution in [2.24, 2.45) is 7.05 Å². The summed E-state index contributed by atoms with van der Waals surface area (Å²) < 4.78 is 7.29. The van der Waals surface area contributed by atoms with Crippen molar-refractivity contribution in [3.63, 3.8) is 0 Å². The molecule has 0 spiro atoms. The van der Waals surface area contributed by atoms with E-state index in [1.54, 1.807) is 12.1 Å². The van der Waals surface area contributed by atoms with Gasteiger partial charge in [0.05, 0.1) is 10.9 Å². The molecule has 0 unspecified atom stereocenters. The minimum absolute atomic E-state index is 0.0575. The predicted octanol–water partition coefficient (Wildman–Crippen LogP) is 3.94. The zero-order valence-electron chi connectivity index (χ0n) is 18.0. The minimum Gasteiger partial charge on any atom is -0.422 e. The highest BCUT2D eigenvalue weighted by molar-refractivity contribution is 6.07. The Kier molecular flexibility index (Phi) is 4.58. The standard InChI is InChI=1S/C25H25N3O3/c1-16-7-6-8-18(13-16)28-12-11-27(15-17(28)2)24(29)21-14-20-23(26(21)3)19-9-4-5-10-22(19)31-25(20)30/h4-10,13-14,17H,11-12,15H2,1-3H3/t17-/m0/s1. The predicted molar refractivity (Wildman–Crippen MR) is 123 cm³/mol. The first-order valence-corrected chi connectivity index (χ1v) is 10.6. The molecule has 1 aliphatic heterocycles. The van der Waals surface area contributed by atoms with E-state index >= 15 is 0 Å². The largest absolute Gasteiger partial charge is 0.422 e. The van der Waals surface area contributed by atoms with Crippen LogP contribution in [-0.2, 0) is 7.05 Å². The molecule has 0 radical (unpaired) electrons. The molecule has 3 heterocycles. The van der Waals surface area contributed by atoms with Crippen molar-refractivity contribution in [2.75, 3.05) is 24.5 Å². The number of aromatic nitrogens is 1. The van der Waals surface area contributed by atoms with Gasteiger partial charge in [-0.2, -0.15) is 0 Å². The average Bonchev–Trinajstić information content (AvgIpc) is 3.11. The third-order valence-electron chi connectivity index (χ3n) is 6.26. The highest BCUT2D eigenvalue weighted by atomic mass is 16.4. The normalized spacial score (nSPS) is 16.9. The highest BCUT2D eigenvalue weighted by Gasteiger charge is 2.29. The van der Waals surface area contributed by atoms with Crippen LogP contribution in [0.25, 0.3) is 21.9 Å². The van der Waals surface area contributed by atoms with Gasteiger partial charge in [-0.1, -0.05) is 24.3 Å². The number of hydrogen-bond acceptors (Lipinski definition) is 4. The van der Waals surface area contributed by atoms with Gasteiger partial charge in [0.2, 0.25) is 0 Å². The van der Waals surface area contributed by atoms with Gasteiger partial charge < -0.3 is 18.8 Å². The summed E-state index contributed by atoms with van der Waals surface area (Å²) in [5.74, 6) is -0.0575. The van der Waals surface area contributed by atoms with Crippen molar-refractivity contribution in [2.45, 2.75) is 19.9 Å². The summed E-state index contributed by atoms with van der Waals surface area (Å²) in [6, 6.07) is 17.8. The number of benzene rings is 2. The second-order valence-electron chi connectivity index (χ2n) is 8.37. The van der Waals surface area contributed by atoms with Crippen LogP contribution < -0.4 is 10.5 Å². The van der Waals surface area contributed by atoms with Crippen LogP contribution in [0.4, 0.5) is 5.69 Å². The summed E-state index contributed by atoms with van der Waals surface area (Å²) >= 11 is 0. The van der Waals surface area contributed by atoms with Gasteiger partial charge in [-0.3, -0.25) is 4.79 Å². The van der Waals surface area contributed by atoms with Crippen LogP contribution in [0.15, 0.2) is 63.8 Å². The number of carbonyl (C=O) groups excluding carboxylic acids is 1. The molecule has 6 nitrogen and oxygen atoms in total.